The maximum Gasteiger partial charge on any atom is 0.225 e. The van der Waals surface area contributed by atoms with Gasteiger partial charge in [-0.15, -0.1) is 0 Å². The standard InChI is InChI=1S/C13H22N4O2S/c1-3-14-9-12-10-15-13(16-11(12)2)17-5-4-7-20(18,19)8-6-17/h10,14H,3-9H2,1-2H3. The number of anilines is 1. The van der Waals surface area contributed by atoms with E-state index in [-0.39, 0.29) is 11.5 Å². The Morgan fingerprint density at radius 1 is 1.35 bits per heavy atom. The van der Waals surface area contributed by atoms with Crippen molar-refractivity contribution >= 4 is 15.8 Å². The van der Waals surface area contributed by atoms with E-state index < -0.39 is 9.84 Å². The van der Waals surface area contributed by atoms with E-state index in [0.29, 0.717) is 25.5 Å². The van der Waals surface area contributed by atoms with Crippen molar-refractivity contribution in [1.29, 1.82) is 0 Å². The second-order valence-corrected chi connectivity index (χ2v) is 7.36. The van der Waals surface area contributed by atoms with E-state index in [1.54, 1.807) is 0 Å². The van der Waals surface area contributed by atoms with E-state index in [0.717, 1.165) is 24.3 Å². The van der Waals surface area contributed by atoms with Crippen molar-refractivity contribution < 1.29 is 8.42 Å². The molecule has 2 rings (SSSR count). The minimum absolute atomic E-state index is 0.189. The van der Waals surface area contributed by atoms with E-state index in [4.69, 9.17) is 0 Å². The van der Waals surface area contributed by atoms with Gasteiger partial charge < -0.3 is 10.2 Å². The highest BCUT2D eigenvalue weighted by Crippen LogP contribution is 2.14. The third-order valence-corrected chi connectivity index (χ3v) is 5.19. The lowest BCUT2D eigenvalue weighted by molar-refractivity contribution is 0.597. The Balaban J connectivity index is 2.11. The number of aromatic nitrogens is 2. The molecule has 1 aromatic heterocycles. The summed E-state index contributed by atoms with van der Waals surface area (Å²) in [5.41, 5.74) is 2.03. The number of hydrogen-bond acceptors (Lipinski definition) is 6. The molecule has 2 heterocycles. The van der Waals surface area contributed by atoms with Crippen LogP contribution in [0.2, 0.25) is 0 Å². The smallest absolute Gasteiger partial charge is 0.225 e. The molecular formula is C13H22N4O2S. The van der Waals surface area contributed by atoms with Crippen molar-refractivity contribution in [1.82, 2.24) is 15.3 Å². The van der Waals surface area contributed by atoms with E-state index in [2.05, 4.69) is 22.2 Å². The van der Waals surface area contributed by atoms with Gasteiger partial charge in [-0.1, -0.05) is 6.92 Å². The first-order valence-electron chi connectivity index (χ1n) is 7.00. The molecule has 0 radical (unpaired) electrons. The van der Waals surface area contributed by atoms with Crippen LogP contribution in [0.4, 0.5) is 5.95 Å². The van der Waals surface area contributed by atoms with Gasteiger partial charge in [0.15, 0.2) is 9.84 Å². The summed E-state index contributed by atoms with van der Waals surface area (Å²) >= 11 is 0. The molecule has 112 valence electrons. The third-order valence-electron chi connectivity index (χ3n) is 3.47. The van der Waals surface area contributed by atoms with Gasteiger partial charge in [0, 0.05) is 37.1 Å². The second-order valence-electron chi connectivity index (χ2n) is 5.05. The summed E-state index contributed by atoms with van der Waals surface area (Å²) < 4.78 is 23.2. The zero-order valence-electron chi connectivity index (χ0n) is 12.1. The molecule has 1 N–H and O–H groups in total. The van der Waals surface area contributed by atoms with Gasteiger partial charge in [-0.3, -0.25) is 0 Å². The molecule has 0 saturated carbocycles. The Bertz CT molecular complexity index is 559. The number of rotatable bonds is 4. The van der Waals surface area contributed by atoms with Gasteiger partial charge in [0.1, 0.15) is 0 Å². The van der Waals surface area contributed by atoms with Crippen molar-refractivity contribution in [2.75, 3.05) is 36.0 Å². The quantitative estimate of drug-likeness (QED) is 0.873. The van der Waals surface area contributed by atoms with Crippen LogP contribution >= 0.6 is 0 Å². The van der Waals surface area contributed by atoms with Gasteiger partial charge in [0.25, 0.3) is 0 Å². The lowest BCUT2D eigenvalue weighted by atomic mass is 10.2. The SMILES string of the molecule is CCNCc1cnc(N2CCCS(=O)(=O)CC2)nc1C. The molecule has 0 unspecified atom stereocenters. The number of nitrogens with one attached hydrogen (secondary N) is 1. The van der Waals surface area contributed by atoms with Gasteiger partial charge >= 0.3 is 0 Å². The molecule has 1 aliphatic rings. The van der Waals surface area contributed by atoms with Crippen LogP contribution in [0.3, 0.4) is 0 Å². The average molecular weight is 298 g/mol. The van der Waals surface area contributed by atoms with Crippen molar-refractivity contribution in [2.45, 2.75) is 26.8 Å². The Morgan fingerprint density at radius 2 is 2.15 bits per heavy atom. The molecule has 7 heteroatoms. The third kappa shape index (κ3) is 3.89. The monoisotopic (exact) mass is 298 g/mol. The Hall–Kier alpha value is -1.21. The first kappa shape index (κ1) is 15.2. The highest BCUT2D eigenvalue weighted by molar-refractivity contribution is 7.91. The molecule has 1 fully saturated rings. The van der Waals surface area contributed by atoms with E-state index in [9.17, 15) is 8.42 Å². The number of sulfone groups is 1. The summed E-state index contributed by atoms with van der Waals surface area (Å²) in [4.78, 5) is 10.9. The van der Waals surface area contributed by atoms with E-state index >= 15 is 0 Å². The van der Waals surface area contributed by atoms with Crippen molar-refractivity contribution in [3.8, 4) is 0 Å². The van der Waals surface area contributed by atoms with Gasteiger partial charge in [0.05, 0.1) is 11.5 Å². The van der Waals surface area contributed by atoms with Gasteiger partial charge in [-0.05, 0) is 19.9 Å². The number of hydrogen-bond donors (Lipinski definition) is 1. The molecule has 0 aromatic carbocycles. The van der Waals surface area contributed by atoms with Crippen LogP contribution < -0.4 is 10.2 Å². The topological polar surface area (TPSA) is 75.2 Å². The first-order valence-corrected chi connectivity index (χ1v) is 8.82. The summed E-state index contributed by atoms with van der Waals surface area (Å²) in [5, 5.41) is 3.25. The zero-order valence-corrected chi connectivity index (χ0v) is 12.9. The molecule has 0 aliphatic carbocycles. The molecule has 0 atom stereocenters. The maximum absolute atomic E-state index is 11.6. The highest BCUT2D eigenvalue weighted by Gasteiger charge is 2.21. The second kappa shape index (κ2) is 6.49. The Morgan fingerprint density at radius 3 is 2.85 bits per heavy atom. The number of nitrogens with zero attached hydrogens (tertiary/aromatic N) is 3. The summed E-state index contributed by atoms with van der Waals surface area (Å²) in [6, 6.07) is 0. The molecule has 1 aliphatic heterocycles. The van der Waals surface area contributed by atoms with Gasteiger partial charge in [0.2, 0.25) is 5.95 Å². The maximum atomic E-state index is 11.6. The zero-order chi connectivity index (χ0) is 14.6. The number of aryl methyl sites for hydroxylation is 1. The van der Waals surface area contributed by atoms with Crippen LogP contribution in [0.15, 0.2) is 6.20 Å². The summed E-state index contributed by atoms with van der Waals surface area (Å²) in [5.74, 6) is 1.09. The fourth-order valence-electron chi connectivity index (χ4n) is 2.20. The van der Waals surface area contributed by atoms with Crippen LogP contribution in [0.1, 0.15) is 24.6 Å². The van der Waals surface area contributed by atoms with Crippen molar-refractivity contribution in [3.63, 3.8) is 0 Å². The highest BCUT2D eigenvalue weighted by atomic mass is 32.2. The van der Waals surface area contributed by atoms with Crippen LogP contribution in [0, 0.1) is 6.92 Å². The Labute approximate surface area is 120 Å². The predicted octanol–water partition coefficient (Wildman–Crippen LogP) is 0.519. The van der Waals surface area contributed by atoms with Crippen molar-refractivity contribution in [3.05, 3.63) is 17.5 Å². The fourth-order valence-corrected chi connectivity index (χ4v) is 3.48. The van der Waals surface area contributed by atoms with Crippen molar-refractivity contribution in [2.24, 2.45) is 0 Å². The van der Waals surface area contributed by atoms with E-state index in [1.807, 2.05) is 18.0 Å². The fraction of sp³-hybridized carbons (Fsp3) is 0.692. The minimum atomic E-state index is -2.90. The normalized spacial score (nSPS) is 18.8. The lowest BCUT2D eigenvalue weighted by Gasteiger charge is -2.20. The molecule has 0 bridgehead atoms. The molecule has 1 saturated heterocycles. The molecular weight excluding hydrogens is 276 g/mol. The molecule has 20 heavy (non-hydrogen) atoms. The van der Waals surface area contributed by atoms with Crippen LogP contribution in [-0.2, 0) is 16.4 Å². The minimum Gasteiger partial charge on any atom is -0.340 e. The molecule has 6 nitrogen and oxygen atoms in total. The summed E-state index contributed by atoms with van der Waals surface area (Å²) in [6.07, 6.45) is 2.48. The largest absolute Gasteiger partial charge is 0.340 e. The lowest BCUT2D eigenvalue weighted by Crippen LogP contribution is -2.29. The van der Waals surface area contributed by atoms with Crippen LogP contribution in [0.25, 0.3) is 0 Å². The average Bonchev–Trinajstić information content (AvgIpc) is 2.58. The Kier molecular flexibility index (Phi) is 4.93. The molecule has 0 spiro atoms. The predicted molar refractivity (Wildman–Crippen MR) is 79.6 cm³/mol. The summed E-state index contributed by atoms with van der Waals surface area (Å²) in [7, 11) is -2.90. The van der Waals surface area contributed by atoms with Gasteiger partial charge in [-0.25, -0.2) is 18.4 Å². The molecule has 1 aromatic rings. The van der Waals surface area contributed by atoms with Crippen LogP contribution in [0.5, 0.6) is 0 Å². The van der Waals surface area contributed by atoms with Crippen LogP contribution in [-0.4, -0.2) is 49.5 Å². The van der Waals surface area contributed by atoms with E-state index in [1.165, 1.54) is 0 Å². The first-order chi connectivity index (χ1) is 9.52. The summed E-state index contributed by atoms with van der Waals surface area (Å²) in [6.45, 7) is 6.87. The molecule has 0 amide bonds. The van der Waals surface area contributed by atoms with Gasteiger partial charge in [-0.2, -0.15) is 0 Å².